The summed E-state index contributed by atoms with van der Waals surface area (Å²) in [5, 5.41) is 10.1. The predicted octanol–water partition coefficient (Wildman–Crippen LogP) is 2.59. The average molecular weight is 317 g/mol. The minimum absolute atomic E-state index is 0.208. The van der Waals surface area contributed by atoms with Gasteiger partial charge in [0.15, 0.2) is 0 Å². The van der Waals surface area contributed by atoms with E-state index in [1.807, 2.05) is 12.1 Å². The maximum atomic E-state index is 10.6. The highest BCUT2D eigenvalue weighted by molar-refractivity contribution is 6.33. The monoisotopic (exact) mass is 316 g/mol. The van der Waals surface area contributed by atoms with Crippen LogP contribution in [0.25, 0.3) is 0 Å². The maximum absolute atomic E-state index is 10.6. The first kappa shape index (κ1) is 15.6. The number of hydrogen-bond donors (Lipinski definition) is 1. The third-order valence-corrected chi connectivity index (χ3v) is 4.11. The van der Waals surface area contributed by atoms with Gasteiger partial charge >= 0.3 is 5.97 Å². The summed E-state index contributed by atoms with van der Waals surface area (Å²) in [5.41, 5.74) is 1.04. The van der Waals surface area contributed by atoms with Crippen LogP contribution in [0.5, 0.6) is 0 Å². The summed E-state index contributed by atoms with van der Waals surface area (Å²) in [4.78, 5) is 15.1. The van der Waals surface area contributed by atoms with Gasteiger partial charge in [-0.15, -0.1) is 0 Å². The van der Waals surface area contributed by atoms with Crippen molar-refractivity contribution in [1.82, 2.24) is 9.80 Å². The van der Waals surface area contributed by atoms with E-state index in [1.165, 1.54) is 0 Å². The summed E-state index contributed by atoms with van der Waals surface area (Å²) < 4.78 is 0. The number of carboxylic acids is 1. The minimum atomic E-state index is -0.738. The second-order valence-corrected chi connectivity index (χ2v) is 5.84. The number of piperazine rings is 1. The molecule has 4 nitrogen and oxygen atoms in total. The van der Waals surface area contributed by atoms with Crippen molar-refractivity contribution in [1.29, 1.82) is 0 Å². The number of aliphatic carboxylic acids is 1. The summed E-state index contributed by atoms with van der Waals surface area (Å²) in [6.07, 6.45) is 0.208. The number of benzene rings is 1. The normalized spacial score (nSPS) is 17.3. The van der Waals surface area contributed by atoms with Crippen molar-refractivity contribution in [2.24, 2.45) is 0 Å². The quantitative estimate of drug-likeness (QED) is 0.906. The third-order valence-electron chi connectivity index (χ3n) is 3.51. The van der Waals surface area contributed by atoms with E-state index in [0.29, 0.717) is 11.6 Å². The number of rotatable bonds is 5. The first-order valence-corrected chi connectivity index (χ1v) is 7.40. The lowest BCUT2D eigenvalue weighted by Crippen LogP contribution is -2.46. The van der Waals surface area contributed by atoms with E-state index in [1.54, 1.807) is 6.07 Å². The number of hydrogen-bond acceptors (Lipinski definition) is 3. The highest BCUT2D eigenvalue weighted by atomic mass is 35.5. The van der Waals surface area contributed by atoms with Crippen LogP contribution < -0.4 is 0 Å². The Labute approximate surface area is 128 Å². The molecule has 1 N–H and O–H groups in total. The molecule has 1 saturated heterocycles. The Balaban J connectivity index is 1.82. The number of halogens is 2. The van der Waals surface area contributed by atoms with E-state index in [-0.39, 0.29) is 6.42 Å². The number of carboxylic acid groups (broad SMARTS) is 1. The molecule has 0 amide bonds. The largest absolute Gasteiger partial charge is 0.481 e. The molecule has 0 unspecified atom stereocenters. The van der Waals surface area contributed by atoms with Crippen molar-refractivity contribution in [3.63, 3.8) is 0 Å². The minimum Gasteiger partial charge on any atom is -0.481 e. The summed E-state index contributed by atoms with van der Waals surface area (Å²) in [6, 6.07) is 5.51. The summed E-state index contributed by atoms with van der Waals surface area (Å²) in [5.74, 6) is -0.738. The molecule has 0 spiro atoms. The Morgan fingerprint density at radius 1 is 1.15 bits per heavy atom. The highest BCUT2D eigenvalue weighted by Crippen LogP contribution is 2.22. The Morgan fingerprint density at radius 3 is 2.45 bits per heavy atom. The molecule has 1 heterocycles. The zero-order chi connectivity index (χ0) is 14.5. The van der Waals surface area contributed by atoms with Gasteiger partial charge in [0.25, 0.3) is 0 Å². The van der Waals surface area contributed by atoms with Crippen molar-refractivity contribution < 1.29 is 9.90 Å². The fourth-order valence-electron chi connectivity index (χ4n) is 2.33. The molecule has 0 aliphatic carbocycles. The Bertz CT molecular complexity index is 474. The van der Waals surface area contributed by atoms with Gasteiger partial charge in [-0.25, -0.2) is 0 Å². The van der Waals surface area contributed by atoms with Crippen LogP contribution in [0.1, 0.15) is 12.0 Å². The Kier molecular flexibility index (Phi) is 5.66. The average Bonchev–Trinajstić information content (AvgIpc) is 2.42. The molecule has 1 aliphatic heterocycles. The molecule has 1 aromatic rings. The van der Waals surface area contributed by atoms with Gasteiger partial charge in [0.1, 0.15) is 0 Å². The molecule has 1 aliphatic rings. The van der Waals surface area contributed by atoms with Crippen LogP contribution >= 0.6 is 23.2 Å². The summed E-state index contributed by atoms with van der Waals surface area (Å²) in [7, 11) is 0. The van der Waals surface area contributed by atoms with Crippen molar-refractivity contribution >= 4 is 29.2 Å². The lowest BCUT2D eigenvalue weighted by Gasteiger charge is -2.34. The SMILES string of the molecule is O=C(O)CCN1CCN(Cc2cc(Cl)ccc2Cl)CC1. The van der Waals surface area contributed by atoms with Crippen LogP contribution in [0.2, 0.25) is 10.0 Å². The van der Waals surface area contributed by atoms with Crippen LogP contribution in [0.4, 0.5) is 0 Å². The van der Waals surface area contributed by atoms with Crippen molar-refractivity contribution in [2.75, 3.05) is 32.7 Å². The molecule has 110 valence electrons. The second-order valence-electron chi connectivity index (χ2n) is 5.00. The van der Waals surface area contributed by atoms with Gasteiger partial charge in [0.2, 0.25) is 0 Å². The number of nitrogens with zero attached hydrogens (tertiary/aromatic N) is 2. The summed E-state index contributed by atoms with van der Waals surface area (Å²) in [6.45, 7) is 5.04. The molecule has 0 saturated carbocycles. The zero-order valence-electron chi connectivity index (χ0n) is 11.2. The van der Waals surface area contributed by atoms with Crippen LogP contribution in [0, 0.1) is 0 Å². The van der Waals surface area contributed by atoms with Crippen LogP contribution in [-0.4, -0.2) is 53.6 Å². The molecule has 0 radical (unpaired) electrons. The molecular weight excluding hydrogens is 299 g/mol. The standard InChI is InChI=1S/C14H18Cl2N2O2/c15-12-1-2-13(16)11(9-12)10-18-7-5-17(6-8-18)4-3-14(19)20/h1-2,9H,3-8,10H2,(H,19,20). The van der Waals surface area contributed by atoms with Crippen LogP contribution in [0.3, 0.4) is 0 Å². The van der Waals surface area contributed by atoms with Gasteiger partial charge < -0.3 is 10.0 Å². The maximum Gasteiger partial charge on any atom is 0.304 e. The lowest BCUT2D eigenvalue weighted by molar-refractivity contribution is -0.137. The fourth-order valence-corrected chi connectivity index (χ4v) is 2.70. The molecule has 6 heteroatoms. The van der Waals surface area contributed by atoms with Crippen LogP contribution in [-0.2, 0) is 11.3 Å². The first-order chi connectivity index (χ1) is 9.54. The van der Waals surface area contributed by atoms with Gasteiger partial charge in [0.05, 0.1) is 6.42 Å². The number of carbonyl (C=O) groups is 1. The van der Waals surface area contributed by atoms with E-state index in [9.17, 15) is 4.79 Å². The Hall–Kier alpha value is -0.810. The Morgan fingerprint density at radius 2 is 1.80 bits per heavy atom. The highest BCUT2D eigenvalue weighted by Gasteiger charge is 2.18. The van der Waals surface area contributed by atoms with E-state index >= 15 is 0 Å². The fraction of sp³-hybridized carbons (Fsp3) is 0.500. The van der Waals surface area contributed by atoms with Gasteiger partial charge in [-0.05, 0) is 23.8 Å². The smallest absolute Gasteiger partial charge is 0.304 e. The molecule has 0 aromatic heterocycles. The van der Waals surface area contributed by atoms with Crippen LogP contribution in [0.15, 0.2) is 18.2 Å². The molecule has 2 rings (SSSR count). The second kappa shape index (κ2) is 7.27. The molecule has 0 bridgehead atoms. The molecular formula is C14H18Cl2N2O2. The first-order valence-electron chi connectivity index (χ1n) is 6.65. The topological polar surface area (TPSA) is 43.8 Å². The predicted molar refractivity (Wildman–Crippen MR) is 80.4 cm³/mol. The van der Waals surface area contributed by atoms with Crippen molar-refractivity contribution in [2.45, 2.75) is 13.0 Å². The van der Waals surface area contributed by atoms with Gasteiger partial charge in [0, 0.05) is 49.3 Å². The van der Waals surface area contributed by atoms with Gasteiger partial charge in [-0.3, -0.25) is 9.69 Å². The zero-order valence-corrected chi connectivity index (χ0v) is 12.7. The molecule has 1 fully saturated rings. The van der Waals surface area contributed by atoms with Crippen molar-refractivity contribution in [3.8, 4) is 0 Å². The lowest BCUT2D eigenvalue weighted by atomic mass is 10.2. The van der Waals surface area contributed by atoms with E-state index < -0.39 is 5.97 Å². The van der Waals surface area contributed by atoms with Gasteiger partial charge in [-0.1, -0.05) is 23.2 Å². The third kappa shape index (κ3) is 4.63. The molecule has 1 aromatic carbocycles. The molecule has 0 atom stereocenters. The van der Waals surface area contributed by atoms with E-state index in [4.69, 9.17) is 28.3 Å². The molecule has 20 heavy (non-hydrogen) atoms. The van der Waals surface area contributed by atoms with Crippen molar-refractivity contribution in [3.05, 3.63) is 33.8 Å². The van der Waals surface area contributed by atoms with E-state index in [2.05, 4.69) is 9.80 Å². The summed E-state index contributed by atoms with van der Waals surface area (Å²) >= 11 is 12.2. The van der Waals surface area contributed by atoms with E-state index in [0.717, 1.165) is 43.3 Å². The van der Waals surface area contributed by atoms with Gasteiger partial charge in [-0.2, -0.15) is 0 Å².